The summed E-state index contributed by atoms with van der Waals surface area (Å²) in [7, 11) is 1.72. The smallest absolute Gasteiger partial charge is 0.191 e. The maximum absolute atomic E-state index is 5.27. The first-order valence-corrected chi connectivity index (χ1v) is 9.33. The number of nitrogens with one attached hydrogen (secondary N) is 2. The van der Waals surface area contributed by atoms with E-state index in [0.717, 1.165) is 25.6 Å². The summed E-state index contributed by atoms with van der Waals surface area (Å²) in [4.78, 5) is 7.21. The summed E-state index contributed by atoms with van der Waals surface area (Å²) in [5, 5.41) is 6.77. The van der Waals surface area contributed by atoms with E-state index in [4.69, 9.17) is 9.73 Å². The van der Waals surface area contributed by atoms with Crippen LogP contribution in [-0.4, -0.2) is 49.7 Å². The second kappa shape index (κ2) is 14.2. The highest BCUT2D eigenvalue weighted by Gasteiger charge is 2.12. The first kappa shape index (κ1) is 25.1. The van der Waals surface area contributed by atoms with Crippen LogP contribution in [0.4, 0.5) is 0 Å². The Bertz CT molecular complexity index is 512. The van der Waals surface area contributed by atoms with E-state index in [-0.39, 0.29) is 24.0 Å². The molecule has 0 atom stereocenters. The van der Waals surface area contributed by atoms with Crippen molar-refractivity contribution < 1.29 is 4.74 Å². The monoisotopic (exact) mass is 476 g/mol. The lowest BCUT2D eigenvalue weighted by atomic mass is 10.1. The third-order valence-corrected chi connectivity index (χ3v) is 4.16. The molecular formula is C20H37IN4O. The average Bonchev–Trinajstić information content (AvgIpc) is 2.57. The van der Waals surface area contributed by atoms with Gasteiger partial charge in [0.05, 0.1) is 13.2 Å². The van der Waals surface area contributed by atoms with Crippen LogP contribution in [0.15, 0.2) is 29.3 Å². The maximum Gasteiger partial charge on any atom is 0.191 e. The lowest BCUT2D eigenvalue weighted by Crippen LogP contribution is -2.45. The SMILES string of the molecule is CCNC(=NCc1ccccc1COC)NCCN(C(C)C)C(C)C.I. The molecule has 0 saturated heterocycles. The predicted octanol–water partition coefficient (Wildman–Crippen LogP) is 3.62. The third-order valence-electron chi connectivity index (χ3n) is 4.16. The molecule has 0 aliphatic rings. The zero-order chi connectivity index (χ0) is 18.7. The lowest BCUT2D eigenvalue weighted by molar-refractivity contribution is 0.178. The minimum atomic E-state index is 0. The Labute approximate surface area is 177 Å². The number of ether oxygens (including phenoxy) is 1. The van der Waals surface area contributed by atoms with Gasteiger partial charge in [-0.3, -0.25) is 4.90 Å². The van der Waals surface area contributed by atoms with Crippen LogP contribution in [0.1, 0.15) is 45.7 Å². The Hall–Kier alpha value is -0.860. The molecule has 0 saturated carbocycles. The van der Waals surface area contributed by atoms with Crippen molar-refractivity contribution in [1.29, 1.82) is 0 Å². The van der Waals surface area contributed by atoms with Crippen LogP contribution in [0.2, 0.25) is 0 Å². The number of aliphatic imine (C=N–C) groups is 1. The number of nitrogens with zero attached hydrogens (tertiary/aromatic N) is 2. The van der Waals surface area contributed by atoms with Crippen LogP contribution in [0.5, 0.6) is 0 Å². The van der Waals surface area contributed by atoms with Crippen molar-refractivity contribution in [2.24, 2.45) is 4.99 Å². The summed E-state index contributed by atoms with van der Waals surface area (Å²) in [5.74, 6) is 0.863. The minimum absolute atomic E-state index is 0. The standard InChI is InChI=1S/C20H36N4O.HI/c1-7-21-20(22-12-13-24(16(2)3)17(4)5)23-14-18-10-8-9-11-19(18)15-25-6;/h8-11,16-17H,7,12-15H2,1-6H3,(H2,21,22,23);1H. The molecule has 0 fully saturated rings. The van der Waals surface area contributed by atoms with E-state index in [1.807, 2.05) is 12.1 Å². The molecule has 0 unspecified atom stereocenters. The Morgan fingerprint density at radius 3 is 2.23 bits per heavy atom. The number of benzene rings is 1. The van der Waals surface area contributed by atoms with Crippen molar-refractivity contribution in [2.45, 2.75) is 59.9 Å². The van der Waals surface area contributed by atoms with Gasteiger partial charge in [0.25, 0.3) is 0 Å². The molecule has 0 spiro atoms. The third kappa shape index (κ3) is 9.19. The van der Waals surface area contributed by atoms with Crippen molar-refractivity contribution in [3.05, 3.63) is 35.4 Å². The zero-order valence-corrected chi connectivity index (χ0v) is 19.5. The largest absolute Gasteiger partial charge is 0.380 e. The highest BCUT2D eigenvalue weighted by molar-refractivity contribution is 14.0. The van der Waals surface area contributed by atoms with Gasteiger partial charge >= 0.3 is 0 Å². The van der Waals surface area contributed by atoms with Gasteiger partial charge in [-0.15, -0.1) is 24.0 Å². The fourth-order valence-corrected chi connectivity index (χ4v) is 2.93. The maximum atomic E-state index is 5.27. The van der Waals surface area contributed by atoms with Crippen molar-refractivity contribution in [1.82, 2.24) is 15.5 Å². The summed E-state index contributed by atoms with van der Waals surface area (Å²) < 4.78 is 5.27. The predicted molar refractivity (Wildman–Crippen MR) is 122 cm³/mol. The van der Waals surface area contributed by atoms with Crippen molar-refractivity contribution >= 4 is 29.9 Å². The van der Waals surface area contributed by atoms with Gasteiger partial charge < -0.3 is 15.4 Å². The van der Waals surface area contributed by atoms with Crippen LogP contribution >= 0.6 is 24.0 Å². The van der Waals surface area contributed by atoms with E-state index in [1.165, 1.54) is 11.1 Å². The second-order valence-corrected chi connectivity index (χ2v) is 6.75. The quantitative estimate of drug-likeness (QED) is 0.308. The fourth-order valence-electron chi connectivity index (χ4n) is 2.93. The molecule has 5 nitrogen and oxygen atoms in total. The molecule has 1 aromatic carbocycles. The van der Waals surface area contributed by atoms with Crippen molar-refractivity contribution in [2.75, 3.05) is 26.7 Å². The molecule has 6 heteroatoms. The molecule has 1 aromatic rings. The van der Waals surface area contributed by atoms with Crippen LogP contribution < -0.4 is 10.6 Å². The Balaban J connectivity index is 0.00000625. The number of hydrogen-bond donors (Lipinski definition) is 2. The number of rotatable bonds is 10. The van der Waals surface area contributed by atoms with Crippen LogP contribution in [-0.2, 0) is 17.9 Å². The molecule has 26 heavy (non-hydrogen) atoms. The Kier molecular flexibility index (Phi) is 13.8. The molecule has 0 bridgehead atoms. The molecule has 0 radical (unpaired) electrons. The van der Waals surface area contributed by atoms with Gasteiger partial charge in [0.2, 0.25) is 0 Å². The van der Waals surface area contributed by atoms with Gasteiger partial charge in [0, 0.05) is 38.8 Å². The fraction of sp³-hybridized carbons (Fsp3) is 0.650. The number of hydrogen-bond acceptors (Lipinski definition) is 3. The van der Waals surface area contributed by atoms with Gasteiger partial charge in [-0.25, -0.2) is 4.99 Å². The van der Waals surface area contributed by atoms with E-state index in [0.29, 0.717) is 25.2 Å². The minimum Gasteiger partial charge on any atom is -0.380 e. The normalized spacial score (nSPS) is 11.8. The van der Waals surface area contributed by atoms with Crippen LogP contribution in [0.3, 0.4) is 0 Å². The summed E-state index contributed by atoms with van der Waals surface area (Å²) in [5.41, 5.74) is 2.39. The van der Waals surface area contributed by atoms with E-state index < -0.39 is 0 Å². The molecule has 0 aliphatic carbocycles. The van der Waals surface area contributed by atoms with Crippen LogP contribution in [0.25, 0.3) is 0 Å². The van der Waals surface area contributed by atoms with Gasteiger partial charge in [-0.2, -0.15) is 0 Å². The first-order valence-electron chi connectivity index (χ1n) is 9.33. The van der Waals surface area contributed by atoms with Gasteiger partial charge in [0.15, 0.2) is 5.96 Å². The van der Waals surface area contributed by atoms with Gasteiger partial charge in [-0.1, -0.05) is 24.3 Å². The molecule has 0 heterocycles. The molecular weight excluding hydrogens is 439 g/mol. The topological polar surface area (TPSA) is 48.9 Å². The zero-order valence-electron chi connectivity index (χ0n) is 17.2. The molecule has 0 aliphatic heterocycles. The van der Waals surface area contributed by atoms with Gasteiger partial charge in [0.1, 0.15) is 0 Å². The van der Waals surface area contributed by atoms with E-state index in [1.54, 1.807) is 7.11 Å². The molecule has 0 amide bonds. The lowest BCUT2D eigenvalue weighted by Gasteiger charge is -2.30. The van der Waals surface area contributed by atoms with E-state index in [9.17, 15) is 0 Å². The highest BCUT2D eigenvalue weighted by Crippen LogP contribution is 2.11. The number of methoxy groups -OCH3 is 1. The summed E-state index contributed by atoms with van der Waals surface area (Å²) in [6.45, 7) is 15.0. The van der Waals surface area contributed by atoms with Crippen molar-refractivity contribution in [3.63, 3.8) is 0 Å². The molecule has 1 rings (SSSR count). The summed E-state index contributed by atoms with van der Waals surface area (Å²) >= 11 is 0. The molecule has 150 valence electrons. The number of guanidine groups is 1. The highest BCUT2D eigenvalue weighted by atomic mass is 127. The summed E-state index contributed by atoms with van der Waals surface area (Å²) in [6, 6.07) is 9.38. The second-order valence-electron chi connectivity index (χ2n) is 6.75. The van der Waals surface area contributed by atoms with Crippen molar-refractivity contribution in [3.8, 4) is 0 Å². The first-order chi connectivity index (χ1) is 12.0. The number of halogens is 1. The Morgan fingerprint density at radius 1 is 1.08 bits per heavy atom. The van der Waals surface area contributed by atoms with Gasteiger partial charge in [-0.05, 0) is 45.7 Å². The summed E-state index contributed by atoms with van der Waals surface area (Å²) in [6.07, 6.45) is 0. The van der Waals surface area contributed by atoms with E-state index >= 15 is 0 Å². The van der Waals surface area contributed by atoms with E-state index in [2.05, 4.69) is 62.3 Å². The van der Waals surface area contributed by atoms with Crippen LogP contribution in [0, 0.1) is 0 Å². The molecule has 2 N–H and O–H groups in total. The molecule has 0 aromatic heterocycles. The Morgan fingerprint density at radius 2 is 1.69 bits per heavy atom. The average molecular weight is 476 g/mol.